The number of thiophene rings is 1. The van der Waals surface area contributed by atoms with Crippen molar-refractivity contribution in [3.05, 3.63) is 75.4 Å². The molecule has 0 aliphatic heterocycles. The van der Waals surface area contributed by atoms with Crippen molar-refractivity contribution in [1.29, 1.82) is 0 Å². The van der Waals surface area contributed by atoms with Gasteiger partial charge in [0, 0.05) is 15.6 Å². The molecule has 0 unspecified atom stereocenters. The summed E-state index contributed by atoms with van der Waals surface area (Å²) in [6.45, 7) is 0.649. The molecule has 0 atom stereocenters. The van der Waals surface area contributed by atoms with E-state index in [2.05, 4.69) is 16.4 Å². The van der Waals surface area contributed by atoms with Gasteiger partial charge in [-0.3, -0.25) is 0 Å². The van der Waals surface area contributed by atoms with Crippen LogP contribution in [0.5, 0.6) is 0 Å². The van der Waals surface area contributed by atoms with E-state index in [1.54, 1.807) is 41.7 Å². The molecule has 0 spiro atoms. The largest absolute Gasteiger partial charge is 0.478 e. The Balaban J connectivity index is 1.80. The van der Waals surface area contributed by atoms with Gasteiger partial charge in [-0.25, -0.2) is 9.78 Å². The number of halogens is 1. The van der Waals surface area contributed by atoms with Crippen LogP contribution >= 0.6 is 22.9 Å². The molecule has 2 N–H and O–H groups in total. The van der Waals surface area contributed by atoms with Crippen LogP contribution in [-0.4, -0.2) is 20.6 Å². The summed E-state index contributed by atoms with van der Waals surface area (Å²) in [5, 5.41) is 15.2. The topological polar surface area (TPSA) is 67.2 Å². The van der Waals surface area contributed by atoms with E-state index in [0.29, 0.717) is 23.0 Å². The van der Waals surface area contributed by atoms with Crippen molar-refractivity contribution in [2.45, 2.75) is 6.54 Å². The summed E-state index contributed by atoms with van der Waals surface area (Å²) in [5.41, 5.74) is 2.59. The number of benzene rings is 2. The van der Waals surface area contributed by atoms with Gasteiger partial charge in [-0.2, -0.15) is 0 Å². The summed E-state index contributed by atoms with van der Waals surface area (Å²) in [6, 6.07) is 16.4. The second-order valence-electron chi connectivity index (χ2n) is 5.74. The fourth-order valence-corrected chi connectivity index (χ4v) is 3.56. The minimum Gasteiger partial charge on any atom is -0.478 e. The summed E-state index contributed by atoms with van der Waals surface area (Å²) in [4.78, 5) is 17.1. The van der Waals surface area contributed by atoms with E-state index >= 15 is 0 Å². The Kier molecular flexibility index (Phi) is 4.36. The smallest absolute Gasteiger partial charge is 0.335 e. The molecule has 4 aromatic rings. The second kappa shape index (κ2) is 6.82. The monoisotopic (exact) mass is 383 g/mol. The van der Waals surface area contributed by atoms with Gasteiger partial charge < -0.3 is 15.0 Å². The first kappa shape index (κ1) is 16.6. The van der Waals surface area contributed by atoms with Crippen molar-refractivity contribution in [1.82, 2.24) is 9.55 Å². The van der Waals surface area contributed by atoms with Crippen LogP contribution in [0.1, 0.15) is 15.2 Å². The first-order valence-electron chi connectivity index (χ1n) is 7.89. The molecule has 0 saturated carbocycles. The number of aromatic carboxylic acids is 1. The highest BCUT2D eigenvalue weighted by molar-refractivity contribution is 7.09. The molecule has 0 aliphatic carbocycles. The molecule has 7 heteroatoms. The standard InChI is InChI=1S/C19H14ClN3O2S/c20-13-4-6-14(7-5-13)21-19-22-16-10-12(18(24)25)3-8-17(16)23(19)11-15-2-1-9-26-15/h1-10H,11H2,(H,21,22)(H,24,25). The van der Waals surface area contributed by atoms with Crippen molar-refractivity contribution < 1.29 is 9.90 Å². The molecule has 2 heterocycles. The molecular weight excluding hydrogens is 370 g/mol. The summed E-state index contributed by atoms with van der Waals surface area (Å²) in [7, 11) is 0. The molecule has 0 bridgehead atoms. The van der Waals surface area contributed by atoms with E-state index < -0.39 is 5.97 Å². The van der Waals surface area contributed by atoms with Gasteiger partial charge in [0.2, 0.25) is 5.95 Å². The van der Waals surface area contributed by atoms with Crippen LogP contribution in [0, 0.1) is 0 Å². The average Bonchev–Trinajstić information content (AvgIpc) is 3.25. The Morgan fingerprint density at radius 1 is 1.19 bits per heavy atom. The maximum Gasteiger partial charge on any atom is 0.335 e. The highest BCUT2D eigenvalue weighted by atomic mass is 35.5. The summed E-state index contributed by atoms with van der Waals surface area (Å²) >= 11 is 7.62. The molecule has 0 aliphatic rings. The second-order valence-corrected chi connectivity index (χ2v) is 7.21. The number of rotatable bonds is 5. The molecule has 0 saturated heterocycles. The van der Waals surface area contributed by atoms with Crippen molar-refractivity contribution in [3.63, 3.8) is 0 Å². The minimum atomic E-state index is -0.966. The zero-order valence-corrected chi connectivity index (χ0v) is 15.1. The van der Waals surface area contributed by atoms with Gasteiger partial charge in [-0.05, 0) is 53.9 Å². The fraction of sp³-hybridized carbons (Fsp3) is 0.0526. The molecule has 2 aromatic carbocycles. The van der Waals surface area contributed by atoms with Crippen LogP contribution in [0.15, 0.2) is 60.0 Å². The predicted molar refractivity (Wildman–Crippen MR) is 105 cm³/mol. The molecule has 2 aromatic heterocycles. The summed E-state index contributed by atoms with van der Waals surface area (Å²) in [5.74, 6) is -0.315. The molecule has 0 amide bonds. The Bertz CT molecular complexity index is 1070. The number of carbonyl (C=O) groups is 1. The Morgan fingerprint density at radius 3 is 2.69 bits per heavy atom. The molecule has 26 heavy (non-hydrogen) atoms. The van der Waals surface area contributed by atoms with E-state index in [0.717, 1.165) is 11.2 Å². The van der Waals surface area contributed by atoms with E-state index in [1.165, 1.54) is 4.88 Å². The number of aromatic nitrogens is 2. The van der Waals surface area contributed by atoms with Crippen LogP contribution in [0.4, 0.5) is 11.6 Å². The zero-order chi connectivity index (χ0) is 18.1. The number of nitrogens with zero attached hydrogens (tertiary/aromatic N) is 2. The van der Waals surface area contributed by atoms with Gasteiger partial charge in [0.1, 0.15) is 0 Å². The molecule has 5 nitrogen and oxygen atoms in total. The summed E-state index contributed by atoms with van der Waals surface area (Å²) in [6.07, 6.45) is 0. The number of anilines is 2. The quantitative estimate of drug-likeness (QED) is 0.494. The maximum absolute atomic E-state index is 11.3. The first-order valence-corrected chi connectivity index (χ1v) is 9.14. The molecule has 0 fully saturated rings. The lowest BCUT2D eigenvalue weighted by Gasteiger charge is -2.10. The number of hydrogen-bond donors (Lipinski definition) is 2. The Hall–Kier alpha value is -2.83. The van der Waals surface area contributed by atoms with Gasteiger partial charge in [-0.15, -0.1) is 11.3 Å². The van der Waals surface area contributed by atoms with Gasteiger partial charge >= 0.3 is 5.97 Å². The van der Waals surface area contributed by atoms with Crippen molar-refractivity contribution in [2.24, 2.45) is 0 Å². The highest BCUT2D eigenvalue weighted by Gasteiger charge is 2.14. The lowest BCUT2D eigenvalue weighted by Crippen LogP contribution is -2.04. The van der Waals surface area contributed by atoms with E-state index in [1.807, 2.05) is 28.1 Å². The number of imidazole rings is 1. The van der Waals surface area contributed by atoms with Crippen LogP contribution in [0.25, 0.3) is 11.0 Å². The van der Waals surface area contributed by atoms with Crippen molar-refractivity contribution in [2.75, 3.05) is 5.32 Å². The number of hydrogen-bond acceptors (Lipinski definition) is 4. The number of nitrogens with one attached hydrogen (secondary N) is 1. The van der Waals surface area contributed by atoms with Crippen LogP contribution in [0.3, 0.4) is 0 Å². The van der Waals surface area contributed by atoms with Crippen molar-refractivity contribution >= 4 is 51.6 Å². The van der Waals surface area contributed by atoms with Gasteiger partial charge in [0.25, 0.3) is 0 Å². The van der Waals surface area contributed by atoms with Crippen molar-refractivity contribution in [3.8, 4) is 0 Å². The minimum absolute atomic E-state index is 0.219. The highest BCUT2D eigenvalue weighted by Crippen LogP contribution is 2.26. The zero-order valence-electron chi connectivity index (χ0n) is 13.5. The first-order chi connectivity index (χ1) is 12.6. The Morgan fingerprint density at radius 2 is 2.00 bits per heavy atom. The van der Waals surface area contributed by atoms with Gasteiger partial charge in [0.05, 0.1) is 23.1 Å². The average molecular weight is 384 g/mol. The molecular formula is C19H14ClN3O2S. The fourth-order valence-electron chi connectivity index (χ4n) is 2.74. The molecule has 4 rings (SSSR count). The molecule has 130 valence electrons. The number of carboxylic acids is 1. The predicted octanol–water partition coefficient (Wildman–Crippen LogP) is 5.24. The lowest BCUT2D eigenvalue weighted by atomic mass is 10.2. The maximum atomic E-state index is 11.3. The van der Waals surface area contributed by atoms with Crippen LogP contribution < -0.4 is 5.32 Å². The lowest BCUT2D eigenvalue weighted by molar-refractivity contribution is 0.0697. The SMILES string of the molecule is O=C(O)c1ccc2c(c1)nc(Nc1ccc(Cl)cc1)n2Cc1cccs1. The van der Waals surface area contributed by atoms with E-state index in [4.69, 9.17) is 11.6 Å². The normalized spacial score (nSPS) is 11.0. The number of carboxylic acid groups (broad SMARTS) is 1. The third-order valence-electron chi connectivity index (χ3n) is 3.99. The van der Waals surface area contributed by atoms with E-state index in [9.17, 15) is 9.90 Å². The third-order valence-corrected chi connectivity index (χ3v) is 5.10. The summed E-state index contributed by atoms with van der Waals surface area (Å²) < 4.78 is 2.04. The van der Waals surface area contributed by atoms with Crippen LogP contribution in [-0.2, 0) is 6.54 Å². The third kappa shape index (κ3) is 3.29. The van der Waals surface area contributed by atoms with E-state index in [-0.39, 0.29) is 5.56 Å². The van der Waals surface area contributed by atoms with Gasteiger partial charge in [0.15, 0.2) is 0 Å². The Labute approximate surface area is 158 Å². The van der Waals surface area contributed by atoms with Crippen LogP contribution in [0.2, 0.25) is 5.02 Å². The molecule has 0 radical (unpaired) electrons. The number of fused-ring (bicyclic) bond motifs is 1. The van der Waals surface area contributed by atoms with Gasteiger partial charge in [-0.1, -0.05) is 17.7 Å².